The van der Waals surface area contributed by atoms with Gasteiger partial charge in [-0.05, 0) is 24.6 Å². The Kier molecular flexibility index (Phi) is 6.36. The first-order valence-electron chi connectivity index (χ1n) is 5.84. The number of methoxy groups -OCH3 is 1. The van der Waals surface area contributed by atoms with E-state index in [1.807, 2.05) is 6.92 Å². The maximum absolute atomic E-state index is 12.4. The van der Waals surface area contributed by atoms with Gasteiger partial charge in [0, 0.05) is 9.92 Å². The lowest BCUT2D eigenvalue weighted by Gasteiger charge is -2.14. The largest absolute Gasteiger partial charge is 0.468 e. The van der Waals surface area contributed by atoms with Crippen LogP contribution in [0.5, 0.6) is 0 Å². The van der Waals surface area contributed by atoms with Crippen molar-refractivity contribution in [1.29, 1.82) is 0 Å². The second-order valence-corrected chi connectivity index (χ2v) is 5.98. The summed E-state index contributed by atoms with van der Waals surface area (Å²) in [5.74, 6) is -0.429. The number of unbranched alkanes of at least 4 members (excludes halogenated alkanes) is 1. The summed E-state index contributed by atoms with van der Waals surface area (Å²) in [4.78, 5) is 12.2. The monoisotopic (exact) mass is 288 g/mol. The Bertz CT molecular complexity index is 434. The third kappa shape index (κ3) is 4.10. The second kappa shape index (κ2) is 7.54. The smallest absolute Gasteiger partial charge is 0.321 e. The summed E-state index contributed by atoms with van der Waals surface area (Å²) in [6.45, 7) is 2.02. The van der Waals surface area contributed by atoms with E-state index < -0.39 is 22.0 Å². The maximum Gasteiger partial charge on any atom is 0.321 e. The van der Waals surface area contributed by atoms with Crippen molar-refractivity contribution >= 4 is 28.4 Å². The third-order valence-corrected chi connectivity index (χ3v) is 4.47. The standard InChI is InChI=1S/C13H17ClO3S/c1-3-4-8-12(13(15)17-2)18(16)11-7-5-6-10(14)9-11/h5-7,9,12H,3-4,8H2,1-2H3. The van der Waals surface area contributed by atoms with Crippen molar-refractivity contribution in [2.75, 3.05) is 7.11 Å². The van der Waals surface area contributed by atoms with Gasteiger partial charge in [0.2, 0.25) is 0 Å². The lowest BCUT2D eigenvalue weighted by molar-refractivity contribution is -0.140. The third-order valence-electron chi connectivity index (χ3n) is 2.57. The molecule has 100 valence electrons. The summed E-state index contributed by atoms with van der Waals surface area (Å²) in [6.07, 6.45) is 2.34. The molecule has 0 aliphatic rings. The predicted molar refractivity (Wildman–Crippen MR) is 73.2 cm³/mol. The molecule has 5 heteroatoms. The number of rotatable bonds is 6. The van der Waals surface area contributed by atoms with Gasteiger partial charge < -0.3 is 4.74 Å². The Hall–Kier alpha value is -0.870. The molecular formula is C13H17ClO3S. The zero-order chi connectivity index (χ0) is 13.5. The molecule has 0 aliphatic heterocycles. The number of carbonyl (C=O) groups is 1. The molecule has 0 bridgehead atoms. The van der Waals surface area contributed by atoms with Gasteiger partial charge in [-0.2, -0.15) is 0 Å². The Morgan fingerprint density at radius 1 is 1.50 bits per heavy atom. The first kappa shape index (κ1) is 15.2. The number of halogens is 1. The molecule has 2 unspecified atom stereocenters. The number of hydrogen-bond donors (Lipinski definition) is 0. The van der Waals surface area contributed by atoms with Crippen LogP contribution in [0.25, 0.3) is 0 Å². The number of esters is 1. The van der Waals surface area contributed by atoms with E-state index in [0.29, 0.717) is 16.3 Å². The maximum atomic E-state index is 12.4. The van der Waals surface area contributed by atoms with E-state index in [4.69, 9.17) is 16.3 Å². The molecule has 0 saturated carbocycles. The molecule has 0 heterocycles. The molecule has 0 spiro atoms. The highest BCUT2D eigenvalue weighted by molar-refractivity contribution is 7.86. The average Bonchev–Trinajstić information content (AvgIpc) is 2.38. The van der Waals surface area contributed by atoms with Crippen molar-refractivity contribution in [1.82, 2.24) is 0 Å². The minimum Gasteiger partial charge on any atom is -0.468 e. The molecule has 1 aromatic carbocycles. The van der Waals surface area contributed by atoms with E-state index in [0.717, 1.165) is 12.8 Å². The number of benzene rings is 1. The second-order valence-electron chi connectivity index (χ2n) is 3.91. The van der Waals surface area contributed by atoms with Crippen LogP contribution in [0.1, 0.15) is 26.2 Å². The Morgan fingerprint density at radius 2 is 2.22 bits per heavy atom. The molecule has 1 aromatic rings. The van der Waals surface area contributed by atoms with E-state index in [1.165, 1.54) is 7.11 Å². The molecule has 0 saturated heterocycles. The van der Waals surface area contributed by atoms with Crippen LogP contribution in [0, 0.1) is 0 Å². The van der Waals surface area contributed by atoms with Crippen LogP contribution in [0.4, 0.5) is 0 Å². The van der Waals surface area contributed by atoms with Gasteiger partial charge in [-0.1, -0.05) is 37.4 Å². The number of carbonyl (C=O) groups excluding carboxylic acids is 1. The van der Waals surface area contributed by atoms with Crippen LogP contribution in [0.2, 0.25) is 5.02 Å². The molecule has 1 rings (SSSR count). The van der Waals surface area contributed by atoms with Gasteiger partial charge >= 0.3 is 5.97 Å². The molecule has 0 amide bonds. The van der Waals surface area contributed by atoms with E-state index >= 15 is 0 Å². The van der Waals surface area contributed by atoms with E-state index in [2.05, 4.69) is 0 Å². The average molecular weight is 289 g/mol. The van der Waals surface area contributed by atoms with Gasteiger partial charge in [-0.25, -0.2) is 0 Å². The summed E-state index contributed by atoms with van der Waals surface area (Å²) >= 11 is 5.86. The van der Waals surface area contributed by atoms with Gasteiger partial charge in [0.05, 0.1) is 17.9 Å². The lowest BCUT2D eigenvalue weighted by atomic mass is 10.2. The number of ether oxygens (including phenoxy) is 1. The Balaban J connectivity index is 2.91. The van der Waals surface area contributed by atoms with Crippen LogP contribution in [0.3, 0.4) is 0 Å². The first-order chi connectivity index (χ1) is 8.60. The van der Waals surface area contributed by atoms with Gasteiger partial charge in [0.15, 0.2) is 0 Å². The van der Waals surface area contributed by atoms with Crippen molar-refractivity contribution in [3.63, 3.8) is 0 Å². The highest BCUT2D eigenvalue weighted by Gasteiger charge is 2.26. The molecule has 0 aliphatic carbocycles. The first-order valence-corrected chi connectivity index (χ1v) is 7.43. The summed E-state index contributed by atoms with van der Waals surface area (Å²) in [5, 5.41) is -0.103. The summed E-state index contributed by atoms with van der Waals surface area (Å²) in [5.41, 5.74) is 0. The SMILES string of the molecule is CCCCC(C(=O)OC)S(=O)c1cccc(Cl)c1. The highest BCUT2D eigenvalue weighted by atomic mass is 35.5. The molecule has 2 atom stereocenters. The topological polar surface area (TPSA) is 43.4 Å². The van der Waals surface area contributed by atoms with Gasteiger partial charge in [0.1, 0.15) is 5.25 Å². The van der Waals surface area contributed by atoms with Crippen molar-refractivity contribution in [2.45, 2.75) is 36.3 Å². The minimum absolute atomic E-state index is 0.429. The van der Waals surface area contributed by atoms with Gasteiger partial charge in [-0.15, -0.1) is 0 Å². The molecule has 0 N–H and O–H groups in total. The van der Waals surface area contributed by atoms with Crippen LogP contribution in [-0.2, 0) is 20.3 Å². The fraction of sp³-hybridized carbons (Fsp3) is 0.462. The predicted octanol–water partition coefficient (Wildman–Crippen LogP) is 3.18. The summed E-state index contributed by atoms with van der Waals surface area (Å²) in [6, 6.07) is 6.77. The molecule has 0 aromatic heterocycles. The van der Waals surface area contributed by atoms with Gasteiger partial charge in [0.25, 0.3) is 0 Å². The lowest BCUT2D eigenvalue weighted by Crippen LogP contribution is -2.27. The van der Waals surface area contributed by atoms with Crippen LogP contribution in [0.15, 0.2) is 29.2 Å². The van der Waals surface area contributed by atoms with E-state index in [1.54, 1.807) is 24.3 Å². The molecular weight excluding hydrogens is 272 g/mol. The Morgan fingerprint density at radius 3 is 2.78 bits per heavy atom. The fourth-order valence-corrected chi connectivity index (χ4v) is 3.28. The molecule has 3 nitrogen and oxygen atoms in total. The quantitative estimate of drug-likeness (QED) is 0.755. The molecule has 0 fully saturated rings. The van der Waals surface area contributed by atoms with E-state index in [9.17, 15) is 9.00 Å². The van der Waals surface area contributed by atoms with Crippen molar-refractivity contribution in [3.05, 3.63) is 29.3 Å². The molecule has 0 radical (unpaired) electrons. The zero-order valence-electron chi connectivity index (χ0n) is 10.5. The highest BCUT2D eigenvalue weighted by Crippen LogP contribution is 2.20. The minimum atomic E-state index is -1.42. The zero-order valence-corrected chi connectivity index (χ0v) is 12.1. The van der Waals surface area contributed by atoms with Crippen LogP contribution in [-0.4, -0.2) is 22.5 Å². The van der Waals surface area contributed by atoms with Crippen LogP contribution >= 0.6 is 11.6 Å². The summed E-state index contributed by atoms with van der Waals surface area (Å²) in [7, 11) is -0.106. The fourth-order valence-electron chi connectivity index (χ4n) is 1.59. The number of hydrogen-bond acceptors (Lipinski definition) is 3. The van der Waals surface area contributed by atoms with Crippen molar-refractivity contribution in [3.8, 4) is 0 Å². The van der Waals surface area contributed by atoms with Crippen molar-refractivity contribution < 1.29 is 13.7 Å². The molecule has 18 heavy (non-hydrogen) atoms. The summed E-state index contributed by atoms with van der Waals surface area (Å²) < 4.78 is 17.1. The van der Waals surface area contributed by atoms with Crippen LogP contribution < -0.4 is 0 Å². The normalized spacial score (nSPS) is 13.9. The van der Waals surface area contributed by atoms with Gasteiger partial charge in [-0.3, -0.25) is 9.00 Å². The van der Waals surface area contributed by atoms with E-state index in [-0.39, 0.29) is 0 Å². The Labute approximate surface area is 115 Å². The van der Waals surface area contributed by atoms with Crippen molar-refractivity contribution in [2.24, 2.45) is 0 Å².